The molecule has 0 fully saturated rings. The smallest absolute Gasteiger partial charge is 0.315 e. The molecule has 0 aliphatic heterocycles. The van der Waals surface area contributed by atoms with Gasteiger partial charge in [0.05, 0.1) is 12.3 Å². The topological polar surface area (TPSA) is 90.0 Å². The van der Waals surface area contributed by atoms with Gasteiger partial charge in [0.15, 0.2) is 0 Å². The molecule has 0 radical (unpaired) electrons. The fourth-order valence-electron chi connectivity index (χ4n) is 2.27. The van der Waals surface area contributed by atoms with Crippen LogP contribution in [0.1, 0.15) is 38.4 Å². The first-order valence-corrected chi connectivity index (χ1v) is 7.10. The predicted molar refractivity (Wildman–Crippen MR) is 76.4 cm³/mol. The molecule has 4 N–H and O–H groups in total. The molecule has 0 spiro atoms. The van der Waals surface area contributed by atoms with Gasteiger partial charge < -0.3 is 15.7 Å². The summed E-state index contributed by atoms with van der Waals surface area (Å²) in [7, 11) is 0. The lowest BCUT2D eigenvalue weighted by molar-refractivity contribution is 0.0648. The van der Waals surface area contributed by atoms with Crippen LogP contribution in [0.15, 0.2) is 6.20 Å². The Hall–Kier alpha value is -1.56. The lowest BCUT2D eigenvalue weighted by atomic mass is 9.89. The number of hydrogen-bond donors (Lipinski definition) is 4. The number of nitrogens with zero attached hydrogens (tertiary/aromatic N) is 1. The van der Waals surface area contributed by atoms with E-state index < -0.39 is 6.10 Å². The molecule has 1 aromatic heterocycles. The molecule has 6 heteroatoms. The third-order valence-corrected chi connectivity index (χ3v) is 3.81. The van der Waals surface area contributed by atoms with E-state index in [2.05, 4.69) is 20.8 Å². The summed E-state index contributed by atoms with van der Waals surface area (Å²) in [6, 6.07) is -0.0860. The first kappa shape index (κ1) is 14.8. The van der Waals surface area contributed by atoms with Gasteiger partial charge in [-0.05, 0) is 30.2 Å². The number of aromatic nitrogens is 2. The zero-order chi connectivity index (χ0) is 14.8. The molecule has 2 unspecified atom stereocenters. The first-order chi connectivity index (χ1) is 9.36. The molecular formula is C14H24N4O2. The second-order valence-corrected chi connectivity index (χ2v) is 6.55. The highest BCUT2D eigenvalue weighted by Gasteiger charge is 2.24. The van der Waals surface area contributed by atoms with Gasteiger partial charge in [0, 0.05) is 18.3 Å². The van der Waals surface area contributed by atoms with Gasteiger partial charge in [-0.3, -0.25) is 5.10 Å². The van der Waals surface area contributed by atoms with Gasteiger partial charge in [-0.25, -0.2) is 4.79 Å². The van der Waals surface area contributed by atoms with Crippen LogP contribution in [-0.2, 0) is 12.8 Å². The van der Waals surface area contributed by atoms with Gasteiger partial charge in [0.1, 0.15) is 0 Å². The van der Waals surface area contributed by atoms with Crippen LogP contribution < -0.4 is 10.6 Å². The quantitative estimate of drug-likeness (QED) is 0.665. The van der Waals surface area contributed by atoms with E-state index in [9.17, 15) is 9.90 Å². The van der Waals surface area contributed by atoms with Crippen molar-refractivity contribution in [3.05, 3.63) is 17.5 Å². The first-order valence-electron chi connectivity index (χ1n) is 7.10. The van der Waals surface area contributed by atoms with Crippen LogP contribution in [0.4, 0.5) is 4.79 Å². The molecule has 2 rings (SSSR count). The van der Waals surface area contributed by atoms with Crippen molar-refractivity contribution in [2.24, 2.45) is 5.41 Å². The van der Waals surface area contributed by atoms with Crippen molar-refractivity contribution < 1.29 is 9.90 Å². The highest BCUT2D eigenvalue weighted by atomic mass is 16.3. The maximum atomic E-state index is 11.8. The lowest BCUT2D eigenvalue weighted by Gasteiger charge is -2.27. The van der Waals surface area contributed by atoms with E-state index in [1.54, 1.807) is 0 Å². The van der Waals surface area contributed by atoms with Gasteiger partial charge in [0.2, 0.25) is 0 Å². The molecule has 20 heavy (non-hydrogen) atoms. The van der Waals surface area contributed by atoms with E-state index in [0.717, 1.165) is 19.3 Å². The number of carbonyl (C=O) groups is 1. The number of aromatic amines is 1. The molecule has 0 saturated carbocycles. The van der Waals surface area contributed by atoms with Crippen molar-refractivity contribution in [2.45, 2.75) is 52.2 Å². The minimum Gasteiger partial charge on any atom is -0.391 e. The van der Waals surface area contributed by atoms with Crippen LogP contribution in [0, 0.1) is 5.41 Å². The Morgan fingerprint density at radius 3 is 3.05 bits per heavy atom. The Kier molecular flexibility index (Phi) is 4.32. The van der Waals surface area contributed by atoms with Crippen molar-refractivity contribution in [3.8, 4) is 0 Å². The molecule has 1 aliphatic rings. The number of H-pyrrole nitrogens is 1. The van der Waals surface area contributed by atoms with Crippen LogP contribution in [0.5, 0.6) is 0 Å². The molecular weight excluding hydrogens is 256 g/mol. The van der Waals surface area contributed by atoms with E-state index in [1.807, 2.05) is 27.0 Å². The molecule has 2 atom stereocenters. The summed E-state index contributed by atoms with van der Waals surface area (Å²) < 4.78 is 0. The highest BCUT2D eigenvalue weighted by molar-refractivity contribution is 5.74. The summed E-state index contributed by atoms with van der Waals surface area (Å²) in [4.78, 5) is 11.8. The highest BCUT2D eigenvalue weighted by Crippen LogP contribution is 2.19. The predicted octanol–water partition coefficient (Wildman–Crippen LogP) is 0.973. The lowest BCUT2D eigenvalue weighted by Crippen LogP contribution is -2.48. The number of rotatable bonds is 3. The number of urea groups is 1. The Morgan fingerprint density at radius 1 is 1.60 bits per heavy atom. The second kappa shape index (κ2) is 5.83. The van der Waals surface area contributed by atoms with Crippen LogP contribution in [0.3, 0.4) is 0 Å². The molecule has 112 valence electrons. The molecule has 1 aliphatic carbocycles. The average Bonchev–Trinajstić information content (AvgIpc) is 2.82. The molecule has 6 nitrogen and oxygen atoms in total. The van der Waals surface area contributed by atoms with Crippen molar-refractivity contribution in [1.29, 1.82) is 0 Å². The average molecular weight is 280 g/mol. The Balaban J connectivity index is 1.76. The molecule has 1 heterocycles. The zero-order valence-corrected chi connectivity index (χ0v) is 12.4. The zero-order valence-electron chi connectivity index (χ0n) is 12.4. The Labute approximate surface area is 119 Å². The van der Waals surface area contributed by atoms with E-state index in [0.29, 0.717) is 0 Å². The third-order valence-electron chi connectivity index (χ3n) is 3.81. The fraction of sp³-hybridized carbons (Fsp3) is 0.714. The maximum Gasteiger partial charge on any atom is 0.315 e. The number of amides is 2. The van der Waals surface area contributed by atoms with Crippen LogP contribution in [0.2, 0.25) is 0 Å². The van der Waals surface area contributed by atoms with Crippen molar-refractivity contribution in [3.63, 3.8) is 0 Å². The number of aliphatic hydroxyl groups is 1. The number of carbonyl (C=O) groups excluding carboxylic acids is 1. The van der Waals surface area contributed by atoms with Crippen molar-refractivity contribution in [1.82, 2.24) is 20.8 Å². The summed E-state index contributed by atoms with van der Waals surface area (Å²) >= 11 is 0. The van der Waals surface area contributed by atoms with Gasteiger partial charge in [0.25, 0.3) is 0 Å². The molecule has 0 saturated heterocycles. The van der Waals surface area contributed by atoms with Gasteiger partial charge in [-0.1, -0.05) is 20.8 Å². The molecule has 0 aromatic carbocycles. The Morgan fingerprint density at radius 2 is 2.35 bits per heavy atom. The molecule has 1 aromatic rings. The minimum absolute atomic E-state index is 0.131. The fourth-order valence-corrected chi connectivity index (χ4v) is 2.27. The summed E-state index contributed by atoms with van der Waals surface area (Å²) in [5, 5.41) is 22.6. The number of aryl methyl sites for hydroxylation is 1. The number of nitrogens with one attached hydrogen (secondary N) is 3. The van der Waals surface area contributed by atoms with Gasteiger partial charge in [-0.2, -0.15) is 5.10 Å². The normalized spacial score (nSPS) is 20.1. The minimum atomic E-state index is -0.555. The standard InChI is InChI=1S/C14H24N4O2/c1-14(2,3)12(19)8-15-13(20)17-10-4-5-11-9(6-10)7-16-18-11/h7,10,12,19H,4-6,8H2,1-3H3,(H,16,18)(H2,15,17,20). The summed E-state index contributed by atoms with van der Waals surface area (Å²) in [6.07, 6.45) is 3.89. The molecule has 2 amide bonds. The van der Waals surface area contributed by atoms with Crippen LogP contribution in [-0.4, -0.2) is 40.0 Å². The van der Waals surface area contributed by atoms with Crippen LogP contribution in [0.25, 0.3) is 0 Å². The van der Waals surface area contributed by atoms with Crippen molar-refractivity contribution >= 4 is 6.03 Å². The summed E-state index contributed by atoms with van der Waals surface area (Å²) in [5.41, 5.74) is 2.12. The van der Waals surface area contributed by atoms with E-state index in [-0.39, 0.29) is 24.0 Å². The molecule has 0 bridgehead atoms. The summed E-state index contributed by atoms with van der Waals surface area (Å²) in [6.45, 7) is 6.09. The van der Waals surface area contributed by atoms with Crippen molar-refractivity contribution in [2.75, 3.05) is 6.54 Å². The van der Waals surface area contributed by atoms with E-state index in [1.165, 1.54) is 11.3 Å². The SMILES string of the molecule is CC(C)(C)C(O)CNC(=O)NC1CCc2[nH]ncc2C1. The maximum absolute atomic E-state index is 11.8. The van der Waals surface area contributed by atoms with E-state index >= 15 is 0 Å². The number of aliphatic hydroxyl groups excluding tert-OH is 1. The summed E-state index contributed by atoms with van der Waals surface area (Å²) in [5.74, 6) is 0. The van der Waals surface area contributed by atoms with Crippen LogP contribution >= 0.6 is 0 Å². The Bertz CT molecular complexity index is 464. The monoisotopic (exact) mass is 280 g/mol. The third kappa shape index (κ3) is 3.72. The van der Waals surface area contributed by atoms with Gasteiger partial charge >= 0.3 is 6.03 Å². The number of hydrogen-bond acceptors (Lipinski definition) is 3. The second-order valence-electron chi connectivity index (χ2n) is 6.55. The number of fused-ring (bicyclic) bond motifs is 1. The van der Waals surface area contributed by atoms with Gasteiger partial charge in [-0.15, -0.1) is 0 Å². The largest absolute Gasteiger partial charge is 0.391 e. The van der Waals surface area contributed by atoms with E-state index in [4.69, 9.17) is 0 Å².